The Morgan fingerprint density at radius 3 is 2.87 bits per heavy atom. The predicted octanol–water partition coefficient (Wildman–Crippen LogP) is 2.96. The quantitative estimate of drug-likeness (QED) is 0.788. The Morgan fingerprint density at radius 1 is 1.48 bits per heavy atom. The number of halogens is 1. The Bertz CT molecular complexity index is 781. The molecule has 5 nitrogen and oxygen atoms in total. The second-order valence-corrected chi connectivity index (χ2v) is 6.06. The monoisotopic (exact) mass is 334 g/mol. The summed E-state index contributed by atoms with van der Waals surface area (Å²) in [5, 5.41) is 8.87. The van der Waals surface area contributed by atoms with Crippen LogP contribution in [0.4, 0.5) is 4.39 Å². The molecule has 0 aliphatic rings. The lowest BCUT2D eigenvalue weighted by Gasteiger charge is -2.20. The normalized spacial score (nSPS) is 11.7. The van der Waals surface area contributed by atoms with Gasteiger partial charge in [0.1, 0.15) is 10.7 Å². The van der Waals surface area contributed by atoms with Crippen LogP contribution in [-0.2, 0) is 9.53 Å². The number of ether oxygens (including phenoxy) is 1. The summed E-state index contributed by atoms with van der Waals surface area (Å²) < 4.78 is 19.4. The molecule has 0 N–H and O–H groups in total. The topological polar surface area (TPSA) is 70.4 Å². The molecule has 1 aromatic carbocycles. The van der Waals surface area contributed by atoms with E-state index >= 15 is 0 Å². The van der Waals surface area contributed by atoms with E-state index in [1.165, 1.54) is 24.0 Å². The number of hydrogen-bond acceptors (Lipinski definition) is 5. The van der Waals surface area contributed by atoms with Crippen LogP contribution < -0.4 is 0 Å². The molecule has 0 fully saturated rings. The molecule has 2 aromatic rings. The molecule has 1 aromatic heterocycles. The Hall–Kier alpha value is -2.46. The van der Waals surface area contributed by atoms with Crippen LogP contribution in [0.3, 0.4) is 0 Å². The number of fused-ring (bicyclic) bond motifs is 1. The van der Waals surface area contributed by atoms with E-state index < -0.39 is 17.9 Å². The highest BCUT2D eigenvalue weighted by Crippen LogP contribution is 2.28. The molecular formula is C16H15FN2O3S. The number of thiophene rings is 1. The Balaban J connectivity index is 2.07. The first-order valence-corrected chi connectivity index (χ1v) is 7.76. The lowest BCUT2D eigenvalue weighted by atomic mass is 10.2. The molecular weight excluding hydrogens is 319 g/mol. The first-order valence-electron chi connectivity index (χ1n) is 6.95. The largest absolute Gasteiger partial charge is 0.448 e. The summed E-state index contributed by atoms with van der Waals surface area (Å²) in [6.45, 7) is 1.74. The second kappa shape index (κ2) is 7.20. The first kappa shape index (κ1) is 16.9. The number of esters is 1. The molecule has 1 atom stereocenters. The summed E-state index contributed by atoms with van der Waals surface area (Å²) in [4.78, 5) is 25.7. The molecule has 120 valence electrons. The summed E-state index contributed by atoms with van der Waals surface area (Å²) >= 11 is 1.11. The van der Waals surface area contributed by atoms with Crippen LogP contribution in [0.15, 0.2) is 24.3 Å². The summed E-state index contributed by atoms with van der Waals surface area (Å²) in [5.41, 5.74) is 0. The van der Waals surface area contributed by atoms with Crippen molar-refractivity contribution in [3.05, 3.63) is 35.0 Å². The molecule has 0 saturated carbocycles. The van der Waals surface area contributed by atoms with Crippen LogP contribution in [0, 0.1) is 17.1 Å². The van der Waals surface area contributed by atoms with E-state index in [0.717, 1.165) is 11.3 Å². The number of nitrogens with zero attached hydrogens (tertiary/aromatic N) is 2. The highest BCUT2D eigenvalue weighted by atomic mass is 32.1. The molecule has 23 heavy (non-hydrogen) atoms. The van der Waals surface area contributed by atoms with Gasteiger partial charge < -0.3 is 9.64 Å². The number of amides is 1. The van der Waals surface area contributed by atoms with Gasteiger partial charge in [-0.1, -0.05) is 6.07 Å². The standard InChI is InChI=1S/C16H15FN2O3S/c1-10(15(20)19(2)8-4-7-18)22-16(21)14-9-11-12(17)5-3-6-13(11)23-14/h3,5-6,9-10H,4,8H2,1-2H3/t10-/m1/s1. The highest BCUT2D eigenvalue weighted by Gasteiger charge is 2.23. The average molecular weight is 334 g/mol. The van der Waals surface area contributed by atoms with E-state index in [2.05, 4.69) is 0 Å². The van der Waals surface area contributed by atoms with Crippen molar-refractivity contribution in [1.82, 2.24) is 4.90 Å². The first-order chi connectivity index (χ1) is 10.9. The summed E-state index contributed by atoms with van der Waals surface area (Å²) in [6, 6.07) is 7.97. The van der Waals surface area contributed by atoms with Crippen LogP contribution in [0.2, 0.25) is 0 Å². The highest BCUT2D eigenvalue weighted by molar-refractivity contribution is 7.20. The molecule has 1 heterocycles. The Labute approximate surface area is 136 Å². The Kier molecular flexibility index (Phi) is 5.29. The molecule has 1 amide bonds. The van der Waals surface area contributed by atoms with Gasteiger partial charge in [0.15, 0.2) is 6.10 Å². The van der Waals surface area contributed by atoms with Crippen molar-refractivity contribution in [2.75, 3.05) is 13.6 Å². The van der Waals surface area contributed by atoms with Gasteiger partial charge in [-0.15, -0.1) is 11.3 Å². The van der Waals surface area contributed by atoms with E-state index in [1.54, 1.807) is 19.2 Å². The van der Waals surface area contributed by atoms with Crippen LogP contribution in [0.25, 0.3) is 10.1 Å². The van der Waals surface area contributed by atoms with Gasteiger partial charge in [-0.25, -0.2) is 9.18 Å². The van der Waals surface area contributed by atoms with Gasteiger partial charge in [-0.05, 0) is 25.1 Å². The van der Waals surface area contributed by atoms with Gasteiger partial charge in [0, 0.05) is 23.7 Å². The van der Waals surface area contributed by atoms with Crippen LogP contribution in [-0.4, -0.2) is 36.5 Å². The van der Waals surface area contributed by atoms with Crippen molar-refractivity contribution in [2.24, 2.45) is 0 Å². The number of carbonyl (C=O) groups is 2. The smallest absolute Gasteiger partial charge is 0.349 e. The van der Waals surface area contributed by atoms with Crippen LogP contribution >= 0.6 is 11.3 Å². The van der Waals surface area contributed by atoms with E-state index in [0.29, 0.717) is 10.1 Å². The molecule has 0 aliphatic carbocycles. The number of hydrogen-bond donors (Lipinski definition) is 0. The number of carbonyl (C=O) groups excluding carboxylic acids is 2. The third-order valence-corrected chi connectivity index (χ3v) is 4.36. The third-order valence-electron chi connectivity index (χ3n) is 3.28. The van der Waals surface area contributed by atoms with Gasteiger partial charge in [-0.3, -0.25) is 4.79 Å². The summed E-state index contributed by atoms with van der Waals surface area (Å²) in [7, 11) is 1.54. The molecule has 0 unspecified atom stereocenters. The van der Waals surface area contributed by atoms with E-state index in [4.69, 9.17) is 10.00 Å². The molecule has 0 radical (unpaired) electrons. The van der Waals surface area contributed by atoms with Gasteiger partial charge in [0.25, 0.3) is 5.91 Å². The van der Waals surface area contributed by atoms with Crippen LogP contribution in [0.5, 0.6) is 0 Å². The van der Waals surface area contributed by atoms with Crippen LogP contribution in [0.1, 0.15) is 23.0 Å². The van der Waals surface area contributed by atoms with Crippen molar-refractivity contribution in [3.63, 3.8) is 0 Å². The molecule has 0 spiro atoms. The van der Waals surface area contributed by atoms with Crippen molar-refractivity contribution in [1.29, 1.82) is 5.26 Å². The maximum absolute atomic E-state index is 13.6. The molecule has 2 rings (SSSR count). The molecule has 0 aliphatic heterocycles. The SMILES string of the molecule is C[C@@H](OC(=O)c1cc2c(F)cccc2s1)C(=O)N(C)CCC#N. The van der Waals surface area contributed by atoms with Crippen molar-refractivity contribution >= 4 is 33.3 Å². The van der Waals surface area contributed by atoms with Crippen molar-refractivity contribution < 1.29 is 18.7 Å². The van der Waals surface area contributed by atoms with E-state index in [1.807, 2.05) is 6.07 Å². The van der Waals surface area contributed by atoms with Gasteiger partial charge in [-0.2, -0.15) is 5.26 Å². The number of benzene rings is 1. The number of rotatable bonds is 5. The predicted molar refractivity (Wildman–Crippen MR) is 84.5 cm³/mol. The van der Waals surface area contributed by atoms with Gasteiger partial charge >= 0.3 is 5.97 Å². The minimum absolute atomic E-state index is 0.207. The second-order valence-electron chi connectivity index (χ2n) is 4.98. The van der Waals surface area contributed by atoms with Gasteiger partial charge in [0.2, 0.25) is 0 Å². The third kappa shape index (κ3) is 3.85. The summed E-state index contributed by atoms with van der Waals surface area (Å²) in [6.07, 6.45) is -0.764. The number of nitriles is 1. The van der Waals surface area contributed by atoms with E-state index in [-0.39, 0.29) is 23.7 Å². The van der Waals surface area contributed by atoms with Gasteiger partial charge in [0.05, 0.1) is 12.5 Å². The fraction of sp³-hybridized carbons (Fsp3) is 0.312. The lowest BCUT2D eigenvalue weighted by molar-refractivity contribution is -0.138. The average Bonchev–Trinajstić information content (AvgIpc) is 2.97. The molecule has 7 heteroatoms. The maximum Gasteiger partial charge on any atom is 0.349 e. The fourth-order valence-corrected chi connectivity index (χ4v) is 2.99. The zero-order valence-electron chi connectivity index (χ0n) is 12.7. The fourth-order valence-electron chi connectivity index (χ4n) is 2.03. The minimum Gasteiger partial charge on any atom is -0.448 e. The minimum atomic E-state index is -0.971. The summed E-state index contributed by atoms with van der Waals surface area (Å²) in [5.74, 6) is -1.46. The number of likely N-dealkylation sites (N-methyl/N-ethyl adjacent to an activating group) is 1. The van der Waals surface area contributed by atoms with Crippen molar-refractivity contribution in [2.45, 2.75) is 19.4 Å². The maximum atomic E-state index is 13.6. The Morgan fingerprint density at radius 2 is 2.22 bits per heavy atom. The zero-order valence-corrected chi connectivity index (χ0v) is 13.5. The lowest BCUT2D eigenvalue weighted by Crippen LogP contribution is -2.37. The van der Waals surface area contributed by atoms with E-state index in [9.17, 15) is 14.0 Å². The molecule has 0 saturated heterocycles. The van der Waals surface area contributed by atoms with Crippen molar-refractivity contribution in [3.8, 4) is 6.07 Å². The zero-order chi connectivity index (χ0) is 17.0. The molecule has 0 bridgehead atoms.